The van der Waals surface area contributed by atoms with E-state index in [-0.39, 0.29) is 58.6 Å². The van der Waals surface area contributed by atoms with E-state index in [9.17, 15) is 19.8 Å². The van der Waals surface area contributed by atoms with Crippen molar-refractivity contribution in [2.75, 3.05) is 26.4 Å². The van der Waals surface area contributed by atoms with Crippen molar-refractivity contribution in [1.82, 2.24) is 0 Å². The van der Waals surface area contributed by atoms with Crippen molar-refractivity contribution in [2.45, 2.75) is 131 Å². The van der Waals surface area contributed by atoms with Gasteiger partial charge in [0.25, 0.3) is 0 Å². The summed E-state index contributed by atoms with van der Waals surface area (Å²) in [5, 5.41) is 22.6. The van der Waals surface area contributed by atoms with Gasteiger partial charge < -0.3 is 29.2 Å². The van der Waals surface area contributed by atoms with Gasteiger partial charge >= 0.3 is 0 Å². The van der Waals surface area contributed by atoms with E-state index in [4.69, 9.17) is 18.9 Å². The molecule has 2 unspecified atom stereocenters. The van der Waals surface area contributed by atoms with Crippen molar-refractivity contribution in [3.05, 3.63) is 49.6 Å². The van der Waals surface area contributed by atoms with Crippen LogP contribution < -0.4 is 0 Å². The molecule has 4 bridgehead atoms. The molecule has 2 saturated heterocycles. The highest BCUT2D eigenvalue weighted by molar-refractivity contribution is 8.51. The van der Waals surface area contributed by atoms with E-state index in [0.29, 0.717) is 51.1 Å². The monoisotopic (exact) mass is 876 g/mol. The van der Waals surface area contributed by atoms with Crippen molar-refractivity contribution < 1.29 is 38.7 Å². The first kappa shape index (κ1) is 46.4. The Balaban J connectivity index is 0.000000179. The number of carbonyl (C=O) groups is 2. The Morgan fingerprint density at radius 3 is 1.22 bits per heavy atom. The Bertz CT molecular complexity index is 1620. The van der Waals surface area contributed by atoms with Gasteiger partial charge in [-0.3, -0.25) is 9.59 Å². The van der Waals surface area contributed by atoms with Gasteiger partial charge in [-0.25, -0.2) is 0 Å². The Morgan fingerprint density at radius 2 is 0.931 bits per heavy atom. The van der Waals surface area contributed by atoms with E-state index in [1.165, 1.54) is 17.8 Å². The minimum Gasteiger partial charge on any atom is -0.388 e. The summed E-state index contributed by atoms with van der Waals surface area (Å²) < 4.78 is 23.7. The van der Waals surface area contributed by atoms with Gasteiger partial charge in [-0.1, -0.05) is 66.9 Å². The number of rotatable bonds is 4. The molecule has 58 heavy (non-hydrogen) atoms. The predicted molar refractivity (Wildman–Crippen MR) is 237 cm³/mol. The lowest BCUT2D eigenvalue weighted by atomic mass is 9.44. The summed E-state index contributed by atoms with van der Waals surface area (Å²) in [6.07, 6.45) is 9.95. The van der Waals surface area contributed by atoms with Crippen LogP contribution in [0.4, 0.5) is 0 Å². The molecule has 0 aromatic rings. The molecular weight excluding hydrogens is 809 g/mol. The summed E-state index contributed by atoms with van der Waals surface area (Å²) in [5.74, 6) is 1.68. The normalized spacial score (nSPS) is 47.8. The molecule has 8 fully saturated rings. The number of Topliss-reactive ketones (excluding diaryl/α,β-unsaturated/α-hetero) is 2. The van der Waals surface area contributed by atoms with Gasteiger partial charge in [0.05, 0.1) is 38.6 Å². The molecule has 12 heteroatoms. The molecule has 8 nitrogen and oxygen atoms in total. The number of hydrogen-bond acceptors (Lipinski definition) is 10. The molecule has 0 amide bonds. The second-order valence-corrected chi connectivity index (χ2v) is 23.5. The molecule has 14 atom stereocenters. The molecule has 324 valence electrons. The van der Waals surface area contributed by atoms with Crippen LogP contribution in [-0.2, 0) is 68.7 Å². The Hall–Kier alpha value is -1.06. The van der Waals surface area contributed by atoms with E-state index in [2.05, 4.69) is 76.4 Å². The standard InChI is InChI=1S/2C23H34O4.S4/c2*1-6-21(4)13-17(24)22(5)14(2)7-9-23(15(3)19(21)25)10-8-16(18(22)23)20-26-11-12-27-20;1-3-4-2/h2*6,14,16,18-20,25H,1,3,7-13H2,2,4-5H3;/t2*14-,16-,18?,19+,21+,22+,23+;/m11./s1. The molecule has 6 aliphatic carbocycles. The second-order valence-electron chi connectivity index (χ2n) is 19.9. The molecule has 0 radical (unpaired) electrons. The first-order valence-corrected chi connectivity index (χ1v) is 25.5. The number of ketones is 2. The fourth-order valence-corrected chi connectivity index (χ4v) is 13.8. The molecule has 0 aromatic carbocycles. The third-order valence-electron chi connectivity index (χ3n) is 17.7. The predicted octanol–water partition coefficient (Wildman–Crippen LogP) is 7.77. The highest BCUT2D eigenvalue weighted by Crippen LogP contribution is 2.71. The second kappa shape index (κ2) is 17.2. The van der Waals surface area contributed by atoms with Gasteiger partial charge in [-0.05, 0) is 97.0 Å². The number of aliphatic hydroxyl groups excluding tert-OH is 2. The molecule has 8 aliphatic rings. The van der Waals surface area contributed by atoms with Crippen LogP contribution in [0.3, 0.4) is 0 Å². The van der Waals surface area contributed by atoms with Crippen LogP contribution >= 0.6 is 0 Å². The van der Waals surface area contributed by atoms with Crippen molar-refractivity contribution in [3.63, 3.8) is 0 Å². The summed E-state index contributed by atoms with van der Waals surface area (Å²) in [4.78, 5) is 27.5. The molecule has 2 aliphatic heterocycles. The van der Waals surface area contributed by atoms with Gasteiger partial charge in [0.2, 0.25) is 0 Å². The van der Waals surface area contributed by atoms with E-state index in [1.54, 1.807) is 12.2 Å². The SMILES string of the molecule is C=C[C@@]1(C)CC(=O)[C@@]2(C)C3[C@H](C4OCCO4)CC[C@@]3(CC[C@H]2C)C(=C)[C@@H]1O.C=C[C@@]1(C)CC(=O)[C@@]2(C)C3[C@H](C4OCCO4)CC[C@@]3(CC[C@H]2C)C(=C)[C@@H]1O.S=S=S=S. The summed E-state index contributed by atoms with van der Waals surface area (Å²) >= 11 is 8.66. The number of ether oxygens (including phenoxy) is 4. The molecular formula is C46H68O8S4. The highest BCUT2D eigenvalue weighted by Gasteiger charge is 2.69. The molecule has 6 saturated carbocycles. The zero-order valence-electron chi connectivity index (χ0n) is 35.6. The number of hydrogen-bond donors (Lipinski definition) is 2. The van der Waals surface area contributed by atoms with Gasteiger partial charge in [0.1, 0.15) is 11.6 Å². The lowest BCUT2D eigenvalue weighted by Crippen LogP contribution is -2.59. The minimum atomic E-state index is -0.747. The smallest absolute Gasteiger partial charge is 0.160 e. The summed E-state index contributed by atoms with van der Waals surface area (Å²) in [5.41, 5.74) is -0.875. The molecule has 0 aromatic heterocycles. The molecule has 8 rings (SSSR count). The molecule has 2 N–H and O–H groups in total. The summed E-state index contributed by atoms with van der Waals surface area (Å²) in [7, 11) is 2.34. The van der Waals surface area contributed by atoms with Crippen LogP contribution in [0.15, 0.2) is 49.6 Å². The third-order valence-corrected chi connectivity index (χ3v) is 19.9. The summed E-state index contributed by atoms with van der Waals surface area (Å²) in [6.45, 7) is 32.0. The maximum absolute atomic E-state index is 13.8. The Labute approximate surface area is 363 Å². The van der Waals surface area contributed by atoms with Crippen molar-refractivity contribution in [1.29, 1.82) is 0 Å². The molecule has 2 heterocycles. The van der Waals surface area contributed by atoms with Crippen molar-refractivity contribution >= 4 is 51.7 Å². The van der Waals surface area contributed by atoms with Crippen LogP contribution in [-0.4, -0.2) is 73.0 Å². The van der Waals surface area contributed by atoms with Gasteiger partial charge in [0.15, 0.2) is 12.6 Å². The summed E-state index contributed by atoms with van der Waals surface area (Å²) in [6, 6.07) is 0. The van der Waals surface area contributed by atoms with Gasteiger partial charge in [-0.15, -0.1) is 13.2 Å². The van der Waals surface area contributed by atoms with Crippen LogP contribution in [0.5, 0.6) is 0 Å². The van der Waals surface area contributed by atoms with Crippen LogP contribution in [0.1, 0.15) is 106 Å². The number of aliphatic hydroxyl groups is 2. The zero-order valence-corrected chi connectivity index (χ0v) is 38.9. The highest BCUT2D eigenvalue weighted by atomic mass is 33.2. The number of carbonyl (C=O) groups excluding carboxylic acids is 2. The first-order chi connectivity index (χ1) is 27.3. The fraction of sp³-hybridized carbons (Fsp3) is 0.783. The zero-order chi connectivity index (χ0) is 42.6. The van der Waals surface area contributed by atoms with Crippen LogP contribution in [0.25, 0.3) is 0 Å². The Morgan fingerprint density at radius 1 is 0.621 bits per heavy atom. The molecule has 0 spiro atoms. The van der Waals surface area contributed by atoms with E-state index >= 15 is 0 Å². The van der Waals surface area contributed by atoms with Crippen LogP contribution in [0.2, 0.25) is 0 Å². The fourth-order valence-electron chi connectivity index (χ4n) is 13.8. The maximum Gasteiger partial charge on any atom is 0.160 e. The van der Waals surface area contributed by atoms with Crippen LogP contribution in [0, 0.1) is 68.0 Å². The average molecular weight is 877 g/mol. The van der Waals surface area contributed by atoms with E-state index in [1.807, 2.05) is 13.8 Å². The third kappa shape index (κ3) is 7.11. The minimum absolute atomic E-state index is 0.112. The Kier molecular flexibility index (Phi) is 13.8. The van der Waals surface area contributed by atoms with Gasteiger partial charge in [-0.2, -0.15) is 0 Å². The van der Waals surface area contributed by atoms with Crippen molar-refractivity contribution in [3.8, 4) is 0 Å². The van der Waals surface area contributed by atoms with Gasteiger partial charge in [0, 0.05) is 86.5 Å². The topological polar surface area (TPSA) is 112 Å². The lowest BCUT2D eigenvalue weighted by molar-refractivity contribution is -0.168. The van der Waals surface area contributed by atoms with E-state index < -0.39 is 33.9 Å². The van der Waals surface area contributed by atoms with Crippen molar-refractivity contribution in [2.24, 2.45) is 68.0 Å². The first-order valence-electron chi connectivity index (χ1n) is 21.5. The quantitative estimate of drug-likeness (QED) is 0.272. The average Bonchev–Trinajstić information content (AvgIpc) is 4.06. The van der Waals surface area contributed by atoms with E-state index in [0.717, 1.165) is 62.5 Å². The largest absolute Gasteiger partial charge is 0.388 e. The lowest BCUT2D eigenvalue weighted by Gasteiger charge is -2.59. The maximum atomic E-state index is 13.8.